The molecule has 2 aromatic carbocycles. The summed E-state index contributed by atoms with van der Waals surface area (Å²) < 4.78 is 5.57. The number of hydrogen-bond donors (Lipinski definition) is 1. The van der Waals surface area contributed by atoms with Crippen LogP contribution in [0.2, 0.25) is 0 Å². The highest BCUT2D eigenvalue weighted by Crippen LogP contribution is 2.42. The Morgan fingerprint density at radius 1 is 0.750 bits per heavy atom. The average Bonchev–Trinajstić information content (AvgIpc) is 3.82. The van der Waals surface area contributed by atoms with Crippen molar-refractivity contribution in [2.24, 2.45) is 11.8 Å². The smallest absolute Gasteiger partial charge is 0.339 e. The van der Waals surface area contributed by atoms with Crippen molar-refractivity contribution >= 4 is 45.1 Å². The molecular formula is C36H40N4O4. The van der Waals surface area contributed by atoms with Gasteiger partial charge in [0.15, 0.2) is 0 Å². The Labute approximate surface area is 258 Å². The highest BCUT2D eigenvalue weighted by Gasteiger charge is 2.39. The van der Waals surface area contributed by atoms with E-state index in [1.165, 1.54) is 44.2 Å². The molecule has 8 heteroatoms. The highest BCUT2D eigenvalue weighted by molar-refractivity contribution is 6.04. The fourth-order valence-corrected chi connectivity index (χ4v) is 7.81. The Bertz CT molecular complexity index is 1750. The van der Waals surface area contributed by atoms with Gasteiger partial charge in [-0.15, -0.1) is 0 Å². The first kappa shape index (κ1) is 28.6. The van der Waals surface area contributed by atoms with Gasteiger partial charge in [-0.05, 0) is 120 Å². The largest absolute Gasteiger partial charge is 0.478 e. The molecule has 2 aromatic heterocycles. The van der Waals surface area contributed by atoms with Crippen molar-refractivity contribution in [3.63, 3.8) is 0 Å². The number of carbonyl (C=O) groups is 2. The van der Waals surface area contributed by atoms with Crippen molar-refractivity contribution in [1.29, 1.82) is 0 Å². The summed E-state index contributed by atoms with van der Waals surface area (Å²) in [6.45, 7) is 7.92. The molecule has 44 heavy (non-hydrogen) atoms. The molecule has 8 nitrogen and oxygen atoms in total. The lowest BCUT2D eigenvalue weighted by molar-refractivity contribution is 0.00715. The van der Waals surface area contributed by atoms with Crippen molar-refractivity contribution in [1.82, 2.24) is 9.97 Å². The summed E-state index contributed by atoms with van der Waals surface area (Å²) in [4.78, 5) is 37.5. The summed E-state index contributed by atoms with van der Waals surface area (Å²) in [6, 6.07) is 16.9. The van der Waals surface area contributed by atoms with Gasteiger partial charge >= 0.3 is 11.9 Å². The molecule has 2 aliphatic heterocycles. The van der Waals surface area contributed by atoms with Gasteiger partial charge in [-0.1, -0.05) is 0 Å². The van der Waals surface area contributed by atoms with E-state index in [0.29, 0.717) is 23.2 Å². The summed E-state index contributed by atoms with van der Waals surface area (Å²) in [5.41, 5.74) is 4.36. The van der Waals surface area contributed by atoms with Crippen LogP contribution in [0, 0.1) is 11.8 Å². The summed E-state index contributed by atoms with van der Waals surface area (Å²) in [7, 11) is 0. The first-order valence-corrected chi connectivity index (χ1v) is 15.9. The van der Waals surface area contributed by atoms with E-state index in [-0.39, 0.29) is 5.97 Å². The highest BCUT2D eigenvalue weighted by atomic mass is 16.6. The van der Waals surface area contributed by atoms with Gasteiger partial charge in [-0.25, -0.2) is 9.59 Å². The Morgan fingerprint density at radius 3 is 1.68 bits per heavy atom. The first-order valence-electron chi connectivity index (χ1n) is 15.9. The van der Waals surface area contributed by atoms with Crippen LogP contribution in [0.1, 0.15) is 80.0 Å². The second kappa shape index (κ2) is 11.1. The van der Waals surface area contributed by atoms with Crippen LogP contribution in [-0.4, -0.2) is 57.8 Å². The quantitative estimate of drug-likeness (QED) is 0.251. The van der Waals surface area contributed by atoms with Crippen molar-refractivity contribution in [3.8, 4) is 0 Å². The van der Waals surface area contributed by atoms with E-state index < -0.39 is 11.6 Å². The van der Waals surface area contributed by atoms with E-state index in [9.17, 15) is 14.7 Å². The molecule has 4 bridgehead atoms. The molecule has 4 fully saturated rings. The number of aromatic nitrogens is 2. The van der Waals surface area contributed by atoms with Crippen molar-refractivity contribution in [3.05, 3.63) is 72.1 Å². The van der Waals surface area contributed by atoms with Crippen molar-refractivity contribution < 1.29 is 19.4 Å². The molecule has 4 aromatic rings. The molecule has 2 aliphatic carbocycles. The van der Waals surface area contributed by atoms with Crippen LogP contribution >= 0.6 is 0 Å². The second-order valence-electron chi connectivity index (χ2n) is 13.9. The average molecular weight is 593 g/mol. The number of benzene rings is 2. The maximum Gasteiger partial charge on any atom is 0.339 e. The van der Waals surface area contributed by atoms with Gasteiger partial charge in [-0.2, -0.15) is 0 Å². The number of hydrogen-bond acceptors (Lipinski definition) is 7. The molecule has 2 saturated carbocycles. The number of carbonyl (C=O) groups excluding carboxylic acids is 1. The zero-order valence-corrected chi connectivity index (χ0v) is 25.7. The maximum atomic E-state index is 12.6. The fourth-order valence-electron chi connectivity index (χ4n) is 7.81. The van der Waals surface area contributed by atoms with E-state index in [0.717, 1.165) is 52.4 Å². The van der Waals surface area contributed by atoms with Gasteiger partial charge in [0.1, 0.15) is 5.60 Å². The second-order valence-corrected chi connectivity index (χ2v) is 13.9. The van der Waals surface area contributed by atoms with Crippen LogP contribution in [0.5, 0.6) is 0 Å². The number of pyridine rings is 2. The lowest BCUT2D eigenvalue weighted by Crippen LogP contribution is -2.31. The first-order chi connectivity index (χ1) is 21.1. The summed E-state index contributed by atoms with van der Waals surface area (Å²) in [6.07, 6.45) is 11.1. The van der Waals surface area contributed by atoms with E-state index in [1.807, 2.05) is 39.0 Å². The van der Waals surface area contributed by atoms with E-state index in [2.05, 4.69) is 38.0 Å². The molecule has 4 aliphatic rings. The summed E-state index contributed by atoms with van der Waals surface area (Å²) in [5.74, 6) is 0.487. The summed E-state index contributed by atoms with van der Waals surface area (Å²) >= 11 is 0. The molecule has 2 unspecified atom stereocenters. The predicted molar refractivity (Wildman–Crippen MR) is 173 cm³/mol. The SMILES string of the molecule is CC(C)(C)OC(=O)c1ccnc2ccc(N3CC4CCC3C4)cc12.O=C(O)c1ccnc2ccc(N3C[C@H]4CC[C@@H]3C4)cc12. The molecule has 0 radical (unpaired) electrons. The maximum absolute atomic E-state index is 12.6. The molecule has 0 spiro atoms. The van der Waals surface area contributed by atoms with Crippen LogP contribution in [-0.2, 0) is 4.74 Å². The van der Waals surface area contributed by atoms with Crippen LogP contribution in [0.25, 0.3) is 21.8 Å². The Kier molecular flexibility index (Phi) is 7.18. The molecular weight excluding hydrogens is 552 g/mol. The minimum Gasteiger partial charge on any atom is -0.478 e. The van der Waals surface area contributed by atoms with Crippen LogP contribution in [0.15, 0.2) is 60.9 Å². The number of nitrogens with zero attached hydrogens (tertiary/aromatic N) is 4. The number of fused-ring (bicyclic) bond motifs is 6. The van der Waals surface area contributed by atoms with Gasteiger partial charge in [0.2, 0.25) is 0 Å². The van der Waals surface area contributed by atoms with Gasteiger partial charge < -0.3 is 19.6 Å². The Balaban J connectivity index is 0.000000144. The van der Waals surface area contributed by atoms with Crippen LogP contribution < -0.4 is 9.80 Å². The zero-order chi connectivity index (χ0) is 30.6. The third-order valence-corrected chi connectivity index (χ3v) is 9.78. The number of ether oxygens (including phenoxy) is 1. The molecule has 0 amide bonds. The summed E-state index contributed by atoms with van der Waals surface area (Å²) in [5, 5.41) is 10.9. The molecule has 4 atom stereocenters. The van der Waals surface area contributed by atoms with Crippen molar-refractivity contribution in [2.45, 2.75) is 77.0 Å². The van der Waals surface area contributed by atoms with Crippen molar-refractivity contribution in [2.75, 3.05) is 22.9 Å². The third kappa shape index (κ3) is 5.46. The lowest BCUT2D eigenvalue weighted by atomic mass is 10.1. The molecule has 228 valence electrons. The fraction of sp³-hybridized carbons (Fsp3) is 0.444. The molecule has 1 N–H and O–H groups in total. The van der Waals surface area contributed by atoms with Gasteiger partial charge in [0, 0.05) is 59.7 Å². The predicted octanol–water partition coefficient (Wildman–Crippen LogP) is 7.10. The van der Waals surface area contributed by atoms with Gasteiger partial charge in [0.25, 0.3) is 0 Å². The van der Waals surface area contributed by atoms with E-state index in [1.54, 1.807) is 24.5 Å². The minimum atomic E-state index is -0.891. The monoisotopic (exact) mass is 592 g/mol. The number of rotatable bonds is 4. The molecule has 4 heterocycles. The van der Waals surface area contributed by atoms with E-state index in [4.69, 9.17) is 4.74 Å². The van der Waals surface area contributed by atoms with Gasteiger partial charge in [-0.3, -0.25) is 9.97 Å². The number of carboxylic acid groups (broad SMARTS) is 1. The normalized spacial score (nSPS) is 23.7. The number of aromatic carboxylic acids is 1. The number of piperidine rings is 2. The third-order valence-electron chi connectivity index (χ3n) is 9.78. The van der Waals surface area contributed by atoms with Crippen LogP contribution in [0.4, 0.5) is 11.4 Å². The molecule has 8 rings (SSSR count). The van der Waals surface area contributed by atoms with E-state index >= 15 is 0 Å². The van der Waals surface area contributed by atoms with Gasteiger partial charge in [0.05, 0.1) is 22.2 Å². The number of carboxylic acids is 1. The topological polar surface area (TPSA) is 95.9 Å². The molecule has 2 saturated heterocycles. The number of anilines is 2. The minimum absolute atomic E-state index is 0.282. The van der Waals surface area contributed by atoms with Crippen LogP contribution in [0.3, 0.4) is 0 Å². The zero-order valence-electron chi connectivity index (χ0n) is 25.7. The Hall–Kier alpha value is -4.20. The number of esters is 1. The lowest BCUT2D eigenvalue weighted by Gasteiger charge is -2.29. The Morgan fingerprint density at radius 2 is 1.25 bits per heavy atom. The standard InChI is InChI=1S/C20H24N2O2.C16H16N2O2/c1-20(2,3)24-19(23)16-8-9-21-18-7-6-15(11-17(16)18)22-12-13-4-5-14(22)10-13;19-16(20)13-5-6-17-15-4-3-12(8-14(13)15)18-9-10-1-2-11(18)7-10/h6-9,11,13-14H,4-5,10,12H2,1-3H3;3-6,8,10-11H,1-2,7,9H2,(H,19,20)/t;10-,11+/m.0/s1.